The fourth-order valence-corrected chi connectivity index (χ4v) is 5.08. The van der Waals surface area contributed by atoms with E-state index in [1.807, 2.05) is 23.2 Å². The molecule has 3 aromatic carbocycles. The second-order valence-electron chi connectivity index (χ2n) is 9.50. The Morgan fingerprint density at radius 1 is 0.842 bits per heavy atom. The van der Waals surface area contributed by atoms with Crippen molar-refractivity contribution in [2.45, 2.75) is 25.3 Å². The summed E-state index contributed by atoms with van der Waals surface area (Å²) in [6.45, 7) is 0.706. The maximum atomic E-state index is 13.7. The van der Waals surface area contributed by atoms with E-state index < -0.39 is 0 Å². The van der Waals surface area contributed by atoms with Crippen LogP contribution in [0.1, 0.15) is 28.8 Å². The molecule has 0 spiro atoms. The molecule has 1 fully saturated rings. The van der Waals surface area contributed by atoms with E-state index in [4.69, 9.17) is 9.97 Å². The third-order valence-corrected chi connectivity index (χ3v) is 6.98. The lowest BCUT2D eigenvalue weighted by Crippen LogP contribution is -2.36. The van der Waals surface area contributed by atoms with Crippen LogP contribution in [0.25, 0.3) is 33.5 Å². The Labute approximate surface area is 218 Å². The van der Waals surface area contributed by atoms with E-state index in [2.05, 4.69) is 4.98 Å². The second-order valence-corrected chi connectivity index (χ2v) is 9.50. The zero-order valence-electron chi connectivity index (χ0n) is 20.5. The molecule has 1 aliphatic rings. The van der Waals surface area contributed by atoms with Crippen molar-refractivity contribution in [1.29, 1.82) is 0 Å². The van der Waals surface area contributed by atoms with Gasteiger partial charge in [-0.15, -0.1) is 0 Å². The highest BCUT2D eigenvalue weighted by Crippen LogP contribution is 2.32. The van der Waals surface area contributed by atoms with Crippen LogP contribution in [0.5, 0.6) is 0 Å². The molecule has 7 heteroatoms. The summed E-state index contributed by atoms with van der Waals surface area (Å²) >= 11 is 0. The molecule has 0 radical (unpaired) electrons. The van der Waals surface area contributed by atoms with Gasteiger partial charge in [-0.25, -0.2) is 18.7 Å². The van der Waals surface area contributed by atoms with Crippen molar-refractivity contribution in [2.24, 2.45) is 0 Å². The van der Waals surface area contributed by atoms with Crippen molar-refractivity contribution in [3.05, 3.63) is 114 Å². The van der Waals surface area contributed by atoms with Gasteiger partial charge in [0, 0.05) is 41.7 Å². The van der Waals surface area contributed by atoms with Crippen LogP contribution in [0.2, 0.25) is 0 Å². The molecule has 0 aliphatic carbocycles. The third-order valence-electron chi connectivity index (χ3n) is 6.98. The van der Waals surface area contributed by atoms with E-state index in [-0.39, 0.29) is 23.6 Å². The van der Waals surface area contributed by atoms with Crippen LogP contribution >= 0.6 is 0 Å². The Balaban J connectivity index is 1.38. The zero-order valence-corrected chi connectivity index (χ0v) is 20.5. The topological polar surface area (TPSA) is 59.0 Å². The average Bonchev–Trinajstić information content (AvgIpc) is 3.41. The molecule has 1 saturated heterocycles. The molecule has 0 saturated carbocycles. The SMILES string of the molecule is O=C(c1ccc2nc(-c3ccc(F)cc3)c(-c3ccc(F)cc3)nc2c1)N1CCCC1Cc1cccnc1. The molecule has 1 unspecified atom stereocenters. The van der Waals surface area contributed by atoms with Crippen LogP contribution in [-0.2, 0) is 6.42 Å². The number of benzene rings is 3. The number of hydrogen-bond donors (Lipinski definition) is 0. The molecule has 1 atom stereocenters. The highest BCUT2D eigenvalue weighted by atomic mass is 19.1. The number of fused-ring (bicyclic) bond motifs is 1. The highest BCUT2D eigenvalue weighted by Gasteiger charge is 2.30. The maximum Gasteiger partial charge on any atom is 0.254 e. The average molecular weight is 507 g/mol. The largest absolute Gasteiger partial charge is 0.335 e. The Morgan fingerprint density at radius 2 is 1.50 bits per heavy atom. The summed E-state index contributed by atoms with van der Waals surface area (Å²) in [5.41, 5.74) is 5.28. The summed E-state index contributed by atoms with van der Waals surface area (Å²) < 4.78 is 27.3. The van der Waals surface area contributed by atoms with Gasteiger partial charge >= 0.3 is 0 Å². The van der Waals surface area contributed by atoms with Gasteiger partial charge < -0.3 is 4.90 Å². The molecule has 6 rings (SSSR count). The van der Waals surface area contributed by atoms with Crippen molar-refractivity contribution < 1.29 is 13.6 Å². The minimum Gasteiger partial charge on any atom is -0.335 e. The number of carbonyl (C=O) groups is 1. The molecular formula is C31H24F2N4O. The predicted molar refractivity (Wildman–Crippen MR) is 142 cm³/mol. The van der Waals surface area contributed by atoms with Crippen molar-refractivity contribution in [3.8, 4) is 22.5 Å². The quantitative estimate of drug-likeness (QED) is 0.274. The van der Waals surface area contributed by atoms with Crippen LogP contribution < -0.4 is 0 Å². The monoisotopic (exact) mass is 506 g/mol. The van der Waals surface area contributed by atoms with E-state index >= 15 is 0 Å². The standard InChI is InChI=1S/C31H24F2N4O/c32-24-10-5-21(6-11-24)29-30(22-7-12-25(33)13-8-22)36-28-18-23(9-14-27(28)35-29)31(38)37-16-2-4-26(37)17-20-3-1-15-34-19-20/h1,3,5-15,18-19,26H,2,4,16-17H2. The molecular weight excluding hydrogens is 482 g/mol. The van der Waals surface area contributed by atoms with Gasteiger partial charge in [0.2, 0.25) is 0 Å². The Bertz CT molecular complexity index is 1610. The lowest BCUT2D eigenvalue weighted by atomic mass is 10.0. The molecule has 5 aromatic rings. The predicted octanol–water partition coefficient (Wildman–Crippen LogP) is 6.48. The molecule has 0 bridgehead atoms. The van der Waals surface area contributed by atoms with Gasteiger partial charge in [-0.05, 0) is 97.6 Å². The molecule has 5 nitrogen and oxygen atoms in total. The summed E-state index contributed by atoms with van der Waals surface area (Å²) in [7, 11) is 0. The van der Waals surface area contributed by atoms with Gasteiger partial charge in [-0.3, -0.25) is 9.78 Å². The van der Waals surface area contributed by atoms with Gasteiger partial charge in [0.15, 0.2) is 0 Å². The number of hydrogen-bond acceptors (Lipinski definition) is 4. The molecule has 3 heterocycles. The molecule has 2 aromatic heterocycles. The zero-order chi connectivity index (χ0) is 26.1. The van der Waals surface area contributed by atoms with Crippen molar-refractivity contribution in [3.63, 3.8) is 0 Å². The number of likely N-dealkylation sites (tertiary alicyclic amines) is 1. The van der Waals surface area contributed by atoms with Crippen LogP contribution in [0.4, 0.5) is 8.78 Å². The van der Waals surface area contributed by atoms with Gasteiger partial charge in [0.1, 0.15) is 11.6 Å². The van der Waals surface area contributed by atoms with Crippen LogP contribution in [0, 0.1) is 11.6 Å². The molecule has 1 amide bonds. The van der Waals surface area contributed by atoms with E-state index in [9.17, 15) is 13.6 Å². The van der Waals surface area contributed by atoms with Crippen LogP contribution in [-0.4, -0.2) is 38.3 Å². The first-order valence-electron chi connectivity index (χ1n) is 12.6. The van der Waals surface area contributed by atoms with Gasteiger partial charge in [0.25, 0.3) is 5.91 Å². The van der Waals surface area contributed by atoms with E-state index in [1.54, 1.807) is 48.7 Å². The number of rotatable bonds is 5. The lowest BCUT2D eigenvalue weighted by molar-refractivity contribution is 0.0736. The number of pyridine rings is 1. The van der Waals surface area contributed by atoms with E-state index in [0.717, 1.165) is 24.8 Å². The summed E-state index contributed by atoms with van der Waals surface area (Å²) in [4.78, 5) is 29.4. The first-order valence-corrected chi connectivity index (χ1v) is 12.6. The summed E-state index contributed by atoms with van der Waals surface area (Å²) in [5.74, 6) is -0.742. The second kappa shape index (κ2) is 10.1. The van der Waals surface area contributed by atoms with Crippen molar-refractivity contribution >= 4 is 16.9 Å². The summed E-state index contributed by atoms with van der Waals surface area (Å²) in [6.07, 6.45) is 6.27. The minimum absolute atomic E-state index is 0.0361. The number of halogens is 2. The number of nitrogens with zero attached hydrogens (tertiary/aromatic N) is 4. The third kappa shape index (κ3) is 4.75. The van der Waals surface area contributed by atoms with Crippen molar-refractivity contribution in [1.82, 2.24) is 19.9 Å². The summed E-state index contributed by atoms with van der Waals surface area (Å²) in [6, 6.07) is 21.5. The smallest absolute Gasteiger partial charge is 0.254 e. The first-order chi connectivity index (χ1) is 18.5. The van der Waals surface area contributed by atoms with Gasteiger partial charge in [-0.1, -0.05) is 6.07 Å². The normalized spacial score (nSPS) is 15.2. The molecule has 0 N–H and O–H groups in total. The maximum absolute atomic E-state index is 13.7. The van der Waals surface area contributed by atoms with Crippen molar-refractivity contribution in [2.75, 3.05) is 6.54 Å². The highest BCUT2D eigenvalue weighted by molar-refractivity contribution is 5.98. The fourth-order valence-electron chi connectivity index (χ4n) is 5.08. The number of carbonyl (C=O) groups excluding carboxylic acids is 1. The number of aromatic nitrogens is 3. The van der Waals surface area contributed by atoms with E-state index in [1.165, 1.54) is 24.3 Å². The first kappa shape index (κ1) is 23.9. The minimum atomic E-state index is -0.356. The fraction of sp³-hybridized carbons (Fsp3) is 0.161. The van der Waals surface area contributed by atoms with Gasteiger partial charge in [-0.2, -0.15) is 0 Å². The van der Waals surface area contributed by atoms with E-state index in [0.29, 0.717) is 45.7 Å². The lowest BCUT2D eigenvalue weighted by Gasteiger charge is -2.25. The number of amides is 1. The van der Waals surface area contributed by atoms with Gasteiger partial charge in [0.05, 0.1) is 22.4 Å². The van der Waals surface area contributed by atoms with Crippen LogP contribution in [0.15, 0.2) is 91.3 Å². The summed E-state index contributed by atoms with van der Waals surface area (Å²) in [5, 5.41) is 0. The Morgan fingerprint density at radius 3 is 2.13 bits per heavy atom. The molecule has 1 aliphatic heterocycles. The molecule has 38 heavy (non-hydrogen) atoms. The van der Waals surface area contributed by atoms with Crippen LogP contribution in [0.3, 0.4) is 0 Å². The Kier molecular flexibility index (Phi) is 6.33. The Hall–Kier alpha value is -4.52. The molecule has 188 valence electrons.